The van der Waals surface area contributed by atoms with Gasteiger partial charge in [0.05, 0.1) is 16.7 Å². The van der Waals surface area contributed by atoms with Crippen LogP contribution in [0, 0.1) is 0 Å². The molecule has 1 atom stereocenters. The first-order chi connectivity index (χ1) is 15.3. The number of halogens is 4. The minimum atomic E-state index is -4.50. The summed E-state index contributed by atoms with van der Waals surface area (Å²) in [6, 6.07) is 7.92. The van der Waals surface area contributed by atoms with Crippen LogP contribution >= 0.6 is 11.6 Å². The molecule has 3 heterocycles. The van der Waals surface area contributed by atoms with Gasteiger partial charge in [0.2, 0.25) is 0 Å². The van der Waals surface area contributed by atoms with Crippen molar-refractivity contribution in [1.29, 1.82) is 0 Å². The van der Waals surface area contributed by atoms with Gasteiger partial charge in [-0.3, -0.25) is 4.79 Å². The van der Waals surface area contributed by atoms with E-state index >= 15 is 0 Å². The molecule has 1 unspecified atom stereocenters. The standard InChI is InChI=1S/C22H23ClF3N3O3/c23-19-12-16(22(24,25)26)13-27-20(19)28-6-8-29(9-7-28)21(30)15-3-1-4-17(11-15)32-14-18-5-2-10-31-18/h1,3-4,11-13,18H,2,5-10,14H2. The van der Waals surface area contributed by atoms with E-state index in [0.29, 0.717) is 44.1 Å². The summed E-state index contributed by atoms with van der Waals surface area (Å²) in [5.41, 5.74) is -0.365. The highest BCUT2D eigenvalue weighted by Crippen LogP contribution is 2.33. The molecular weight excluding hydrogens is 447 g/mol. The van der Waals surface area contributed by atoms with Crippen molar-refractivity contribution in [3.8, 4) is 5.75 Å². The first kappa shape index (κ1) is 22.7. The average Bonchev–Trinajstić information content (AvgIpc) is 3.31. The number of carbonyl (C=O) groups is 1. The summed E-state index contributed by atoms with van der Waals surface area (Å²) in [7, 11) is 0. The zero-order valence-corrected chi connectivity index (χ0v) is 18.0. The van der Waals surface area contributed by atoms with Gasteiger partial charge >= 0.3 is 6.18 Å². The predicted molar refractivity (Wildman–Crippen MR) is 113 cm³/mol. The van der Waals surface area contributed by atoms with E-state index in [-0.39, 0.29) is 22.9 Å². The molecule has 172 valence electrons. The van der Waals surface area contributed by atoms with E-state index in [2.05, 4.69) is 4.98 Å². The van der Waals surface area contributed by atoms with Crippen molar-refractivity contribution in [1.82, 2.24) is 9.88 Å². The summed E-state index contributed by atoms with van der Waals surface area (Å²) in [5, 5.41) is -0.0595. The van der Waals surface area contributed by atoms with Gasteiger partial charge in [0.15, 0.2) is 0 Å². The van der Waals surface area contributed by atoms with E-state index in [1.54, 1.807) is 28.0 Å². The lowest BCUT2D eigenvalue weighted by molar-refractivity contribution is -0.137. The maximum atomic E-state index is 12.9. The lowest BCUT2D eigenvalue weighted by atomic mass is 10.1. The molecule has 1 aromatic carbocycles. The maximum absolute atomic E-state index is 12.9. The van der Waals surface area contributed by atoms with E-state index in [1.807, 2.05) is 6.07 Å². The number of hydrogen-bond donors (Lipinski definition) is 0. The van der Waals surface area contributed by atoms with Crippen LogP contribution in [0.5, 0.6) is 5.75 Å². The zero-order chi connectivity index (χ0) is 22.7. The van der Waals surface area contributed by atoms with Crippen molar-refractivity contribution in [3.05, 3.63) is 52.7 Å². The molecule has 2 aromatic rings. The second kappa shape index (κ2) is 9.54. The van der Waals surface area contributed by atoms with Crippen LogP contribution < -0.4 is 9.64 Å². The maximum Gasteiger partial charge on any atom is 0.417 e. The van der Waals surface area contributed by atoms with E-state index in [9.17, 15) is 18.0 Å². The number of benzene rings is 1. The number of hydrogen-bond acceptors (Lipinski definition) is 5. The number of carbonyl (C=O) groups excluding carboxylic acids is 1. The smallest absolute Gasteiger partial charge is 0.417 e. The molecule has 0 spiro atoms. The van der Waals surface area contributed by atoms with Crippen LogP contribution in [-0.2, 0) is 10.9 Å². The van der Waals surface area contributed by atoms with Gasteiger partial charge in [-0.15, -0.1) is 0 Å². The number of amides is 1. The number of anilines is 1. The number of nitrogens with zero attached hydrogens (tertiary/aromatic N) is 3. The fourth-order valence-electron chi connectivity index (χ4n) is 3.81. The molecule has 1 aromatic heterocycles. The summed E-state index contributed by atoms with van der Waals surface area (Å²) in [4.78, 5) is 20.3. The highest BCUT2D eigenvalue weighted by atomic mass is 35.5. The largest absolute Gasteiger partial charge is 0.491 e. The first-order valence-electron chi connectivity index (χ1n) is 10.4. The molecule has 0 saturated carbocycles. The van der Waals surface area contributed by atoms with Crippen LogP contribution in [0.25, 0.3) is 0 Å². The molecule has 2 aliphatic heterocycles. The van der Waals surface area contributed by atoms with Crippen LogP contribution in [0.4, 0.5) is 19.0 Å². The number of aromatic nitrogens is 1. The Labute approximate surface area is 188 Å². The fraction of sp³-hybridized carbons (Fsp3) is 0.455. The SMILES string of the molecule is O=C(c1cccc(OCC2CCCO2)c1)N1CCN(c2ncc(C(F)(F)F)cc2Cl)CC1. The topological polar surface area (TPSA) is 54.9 Å². The third-order valence-corrected chi connectivity index (χ3v) is 5.83. The highest BCUT2D eigenvalue weighted by molar-refractivity contribution is 6.33. The van der Waals surface area contributed by atoms with Gasteiger partial charge in [-0.25, -0.2) is 4.98 Å². The molecule has 6 nitrogen and oxygen atoms in total. The van der Waals surface area contributed by atoms with E-state index < -0.39 is 11.7 Å². The molecule has 0 aliphatic carbocycles. The third-order valence-electron chi connectivity index (χ3n) is 5.56. The quantitative estimate of drug-likeness (QED) is 0.654. The van der Waals surface area contributed by atoms with Crippen molar-refractivity contribution in [2.24, 2.45) is 0 Å². The number of pyridine rings is 1. The monoisotopic (exact) mass is 469 g/mol. The third kappa shape index (κ3) is 5.27. The Morgan fingerprint density at radius 3 is 2.66 bits per heavy atom. The predicted octanol–water partition coefficient (Wildman–Crippen LogP) is 4.27. The van der Waals surface area contributed by atoms with Gasteiger partial charge in [0.1, 0.15) is 18.2 Å². The Morgan fingerprint density at radius 2 is 2.00 bits per heavy atom. The summed E-state index contributed by atoms with van der Waals surface area (Å²) >= 11 is 6.05. The number of alkyl halides is 3. The van der Waals surface area contributed by atoms with Gasteiger partial charge in [0.25, 0.3) is 5.91 Å². The van der Waals surface area contributed by atoms with Crippen LogP contribution in [0.1, 0.15) is 28.8 Å². The van der Waals surface area contributed by atoms with E-state index in [0.717, 1.165) is 31.7 Å². The summed E-state index contributed by atoms with van der Waals surface area (Å²) in [6.45, 7) is 2.85. The van der Waals surface area contributed by atoms with Gasteiger partial charge in [-0.1, -0.05) is 17.7 Å². The van der Waals surface area contributed by atoms with Crippen molar-refractivity contribution in [3.63, 3.8) is 0 Å². The summed E-state index contributed by atoms with van der Waals surface area (Å²) in [6.07, 6.45) is -1.62. The zero-order valence-electron chi connectivity index (χ0n) is 17.3. The molecule has 4 rings (SSSR count). The van der Waals surface area contributed by atoms with E-state index in [1.165, 1.54) is 0 Å². The molecule has 10 heteroatoms. The van der Waals surface area contributed by atoms with Gasteiger partial charge < -0.3 is 19.3 Å². The van der Waals surface area contributed by atoms with Gasteiger partial charge in [-0.2, -0.15) is 13.2 Å². The number of rotatable bonds is 5. The fourth-order valence-corrected chi connectivity index (χ4v) is 4.09. The molecule has 0 N–H and O–H groups in total. The minimum Gasteiger partial charge on any atom is -0.491 e. The molecule has 0 bridgehead atoms. The Bertz CT molecular complexity index is 959. The number of piperazine rings is 1. The molecule has 2 saturated heterocycles. The molecular formula is C22H23ClF3N3O3. The van der Waals surface area contributed by atoms with Crippen LogP contribution in [-0.4, -0.2) is 61.3 Å². The molecule has 32 heavy (non-hydrogen) atoms. The Morgan fingerprint density at radius 1 is 1.22 bits per heavy atom. The normalized spacial score (nSPS) is 19.3. The average molecular weight is 470 g/mol. The molecule has 2 aliphatic rings. The van der Waals surface area contributed by atoms with Crippen LogP contribution in [0.2, 0.25) is 5.02 Å². The molecule has 1 amide bonds. The Kier molecular flexibility index (Phi) is 6.76. The Hall–Kier alpha value is -2.52. The van der Waals surface area contributed by atoms with Crippen molar-refractivity contribution in [2.45, 2.75) is 25.1 Å². The summed E-state index contributed by atoms with van der Waals surface area (Å²) in [5.74, 6) is 0.778. The van der Waals surface area contributed by atoms with Gasteiger partial charge in [-0.05, 0) is 37.1 Å². The van der Waals surface area contributed by atoms with Crippen molar-refractivity contribution in [2.75, 3.05) is 44.3 Å². The summed E-state index contributed by atoms with van der Waals surface area (Å²) < 4.78 is 49.8. The molecule has 0 radical (unpaired) electrons. The van der Waals surface area contributed by atoms with Crippen molar-refractivity contribution < 1.29 is 27.4 Å². The second-order valence-electron chi connectivity index (χ2n) is 7.78. The van der Waals surface area contributed by atoms with Crippen LogP contribution in [0.15, 0.2) is 36.5 Å². The highest BCUT2D eigenvalue weighted by Gasteiger charge is 2.32. The lowest BCUT2D eigenvalue weighted by Crippen LogP contribution is -2.49. The molecule has 2 fully saturated rings. The van der Waals surface area contributed by atoms with Crippen LogP contribution in [0.3, 0.4) is 0 Å². The lowest BCUT2D eigenvalue weighted by Gasteiger charge is -2.36. The second-order valence-corrected chi connectivity index (χ2v) is 8.19. The first-order valence-corrected chi connectivity index (χ1v) is 10.8. The number of ether oxygens (including phenoxy) is 2. The van der Waals surface area contributed by atoms with Gasteiger partial charge in [0, 0.05) is 44.5 Å². The van der Waals surface area contributed by atoms with Crippen molar-refractivity contribution >= 4 is 23.3 Å². The minimum absolute atomic E-state index is 0.0595. The van der Waals surface area contributed by atoms with E-state index in [4.69, 9.17) is 21.1 Å². The Balaban J connectivity index is 1.35.